The molecule has 0 saturated carbocycles. The number of alkyl halides is 3. The number of amides is 2. The summed E-state index contributed by atoms with van der Waals surface area (Å²) >= 11 is -0.578. The van der Waals surface area contributed by atoms with Crippen molar-refractivity contribution in [1.29, 1.82) is 0 Å². The van der Waals surface area contributed by atoms with Gasteiger partial charge in [-0.15, -0.1) is 0 Å². The Morgan fingerprint density at radius 2 is 1.80 bits per heavy atom. The van der Waals surface area contributed by atoms with Gasteiger partial charge < -0.3 is 5.73 Å². The molecule has 15 heavy (non-hydrogen) atoms. The maximum atomic E-state index is 12.1. The molecule has 0 aliphatic rings. The molecule has 0 atom stereocenters. The van der Waals surface area contributed by atoms with Gasteiger partial charge in [0, 0.05) is 0 Å². The Morgan fingerprint density at radius 3 is 2.20 bits per heavy atom. The van der Waals surface area contributed by atoms with Crippen molar-refractivity contribution in [2.75, 3.05) is 4.31 Å². The standard InChI is InChI=1S/C8H7F3N2OS/c9-8(10,11)15-13(7(12)14)6-4-2-1-3-5-6/h1-5H,(H2,12,14). The van der Waals surface area contributed by atoms with Crippen molar-refractivity contribution in [3.8, 4) is 0 Å². The Hall–Kier alpha value is -1.37. The topological polar surface area (TPSA) is 46.3 Å². The van der Waals surface area contributed by atoms with E-state index >= 15 is 0 Å². The molecular formula is C8H7F3N2OS. The molecular weight excluding hydrogens is 229 g/mol. The number of para-hydroxylation sites is 1. The van der Waals surface area contributed by atoms with Crippen LogP contribution in [0.25, 0.3) is 0 Å². The second-order valence-corrected chi connectivity index (χ2v) is 3.52. The van der Waals surface area contributed by atoms with Crippen LogP contribution in [0, 0.1) is 0 Å². The van der Waals surface area contributed by atoms with Crippen LogP contribution in [0.3, 0.4) is 0 Å². The fraction of sp³-hybridized carbons (Fsp3) is 0.125. The highest BCUT2D eigenvalue weighted by Gasteiger charge is 2.35. The lowest BCUT2D eigenvalue weighted by atomic mass is 10.3. The first-order valence-corrected chi connectivity index (χ1v) is 4.58. The van der Waals surface area contributed by atoms with Crippen molar-refractivity contribution in [2.45, 2.75) is 5.51 Å². The lowest BCUT2D eigenvalue weighted by Gasteiger charge is -2.19. The number of carbonyl (C=O) groups excluding carboxylic acids is 1. The van der Waals surface area contributed by atoms with E-state index in [9.17, 15) is 18.0 Å². The molecule has 0 unspecified atom stereocenters. The molecule has 0 aliphatic heterocycles. The third kappa shape index (κ3) is 3.70. The van der Waals surface area contributed by atoms with Gasteiger partial charge in [-0.1, -0.05) is 18.2 Å². The van der Waals surface area contributed by atoms with E-state index in [0.717, 1.165) is 0 Å². The second kappa shape index (κ2) is 4.43. The highest BCUT2D eigenvalue weighted by atomic mass is 32.2. The Bertz CT molecular complexity index is 341. The molecule has 0 saturated heterocycles. The zero-order chi connectivity index (χ0) is 11.5. The van der Waals surface area contributed by atoms with E-state index in [1.165, 1.54) is 24.3 Å². The van der Waals surface area contributed by atoms with E-state index in [1.807, 2.05) is 0 Å². The van der Waals surface area contributed by atoms with Crippen LogP contribution in [-0.2, 0) is 0 Å². The van der Waals surface area contributed by atoms with Gasteiger partial charge in [0.25, 0.3) is 0 Å². The zero-order valence-electron chi connectivity index (χ0n) is 7.36. The number of hydrogen-bond acceptors (Lipinski definition) is 2. The molecule has 1 rings (SSSR count). The van der Waals surface area contributed by atoms with E-state index in [2.05, 4.69) is 0 Å². The number of carbonyl (C=O) groups is 1. The molecule has 0 aliphatic carbocycles. The lowest BCUT2D eigenvalue weighted by Crippen LogP contribution is -2.32. The first-order chi connectivity index (χ1) is 6.90. The number of urea groups is 1. The average molecular weight is 236 g/mol. The second-order valence-electron chi connectivity index (χ2n) is 2.51. The molecule has 2 N–H and O–H groups in total. The maximum absolute atomic E-state index is 12.1. The van der Waals surface area contributed by atoms with Crippen LogP contribution >= 0.6 is 11.9 Å². The first kappa shape index (κ1) is 11.7. The normalized spacial score (nSPS) is 11.1. The number of anilines is 1. The molecule has 2 amide bonds. The van der Waals surface area contributed by atoms with E-state index in [1.54, 1.807) is 6.07 Å². The summed E-state index contributed by atoms with van der Waals surface area (Å²) in [6.45, 7) is 0. The molecule has 0 bridgehead atoms. The number of rotatable bonds is 2. The molecule has 0 fully saturated rings. The van der Waals surface area contributed by atoms with E-state index in [0.29, 0.717) is 4.31 Å². The number of benzene rings is 1. The van der Waals surface area contributed by atoms with Crippen LogP contribution in [0.2, 0.25) is 0 Å². The molecule has 0 aromatic heterocycles. The summed E-state index contributed by atoms with van der Waals surface area (Å²) in [5.41, 5.74) is 0.381. The highest BCUT2D eigenvalue weighted by molar-refractivity contribution is 8.02. The Labute approximate surface area is 88.2 Å². The monoisotopic (exact) mass is 236 g/mol. The average Bonchev–Trinajstić information content (AvgIpc) is 2.14. The Morgan fingerprint density at radius 1 is 1.27 bits per heavy atom. The maximum Gasteiger partial charge on any atom is 0.462 e. The van der Waals surface area contributed by atoms with E-state index in [-0.39, 0.29) is 5.69 Å². The third-order valence-corrected chi connectivity index (χ3v) is 2.17. The molecule has 1 aromatic rings. The van der Waals surface area contributed by atoms with Gasteiger partial charge in [0.2, 0.25) is 0 Å². The van der Waals surface area contributed by atoms with Crippen molar-refractivity contribution >= 4 is 23.7 Å². The van der Waals surface area contributed by atoms with Gasteiger partial charge in [-0.25, -0.2) is 9.10 Å². The summed E-state index contributed by atoms with van der Waals surface area (Å²) in [4.78, 5) is 10.8. The summed E-state index contributed by atoms with van der Waals surface area (Å²) < 4.78 is 36.6. The summed E-state index contributed by atoms with van der Waals surface area (Å²) in [6.07, 6.45) is 0. The van der Waals surface area contributed by atoms with Gasteiger partial charge in [-0.3, -0.25) is 0 Å². The summed E-state index contributed by atoms with van der Waals surface area (Å²) in [5, 5.41) is 0. The Balaban J connectivity index is 2.90. The predicted octanol–water partition coefficient (Wildman–Crippen LogP) is 2.74. The number of halogens is 3. The minimum absolute atomic E-state index is 0.0901. The highest BCUT2D eigenvalue weighted by Crippen LogP contribution is 2.36. The van der Waals surface area contributed by atoms with E-state index < -0.39 is 23.5 Å². The van der Waals surface area contributed by atoms with Gasteiger partial charge >= 0.3 is 11.5 Å². The molecule has 82 valence electrons. The molecule has 3 nitrogen and oxygen atoms in total. The largest absolute Gasteiger partial charge is 0.462 e. The lowest BCUT2D eigenvalue weighted by molar-refractivity contribution is -0.0328. The van der Waals surface area contributed by atoms with Crippen molar-refractivity contribution in [3.63, 3.8) is 0 Å². The van der Waals surface area contributed by atoms with Crippen LogP contribution < -0.4 is 10.0 Å². The van der Waals surface area contributed by atoms with Crippen molar-refractivity contribution in [2.24, 2.45) is 5.73 Å². The van der Waals surface area contributed by atoms with Crippen LogP contribution in [0.4, 0.5) is 23.7 Å². The number of nitrogens with two attached hydrogens (primary N) is 1. The van der Waals surface area contributed by atoms with Crippen LogP contribution in [0.1, 0.15) is 0 Å². The van der Waals surface area contributed by atoms with Gasteiger partial charge in [0.05, 0.1) is 17.6 Å². The van der Waals surface area contributed by atoms with E-state index in [4.69, 9.17) is 5.73 Å². The van der Waals surface area contributed by atoms with Crippen molar-refractivity contribution in [1.82, 2.24) is 0 Å². The fourth-order valence-corrected chi connectivity index (χ4v) is 1.42. The van der Waals surface area contributed by atoms with Crippen molar-refractivity contribution in [3.05, 3.63) is 30.3 Å². The molecule has 7 heteroatoms. The minimum Gasteiger partial charge on any atom is -0.350 e. The molecule has 0 heterocycles. The number of primary amides is 1. The summed E-state index contributed by atoms with van der Waals surface area (Å²) in [7, 11) is 0. The van der Waals surface area contributed by atoms with Crippen LogP contribution in [0.15, 0.2) is 30.3 Å². The van der Waals surface area contributed by atoms with Gasteiger partial charge in [0.15, 0.2) is 0 Å². The Kier molecular flexibility index (Phi) is 3.46. The van der Waals surface area contributed by atoms with Gasteiger partial charge in [0.1, 0.15) is 0 Å². The zero-order valence-corrected chi connectivity index (χ0v) is 8.18. The molecule has 0 radical (unpaired) electrons. The summed E-state index contributed by atoms with van der Waals surface area (Å²) in [6, 6.07) is 6.22. The first-order valence-electron chi connectivity index (χ1n) is 3.80. The SMILES string of the molecule is NC(=O)N(SC(F)(F)F)c1ccccc1. The molecule has 1 aromatic carbocycles. The van der Waals surface area contributed by atoms with Crippen LogP contribution in [-0.4, -0.2) is 11.5 Å². The minimum atomic E-state index is -4.55. The number of hydrogen-bond donors (Lipinski definition) is 1. The summed E-state index contributed by atoms with van der Waals surface area (Å²) in [5.74, 6) is 0. The predicted molar refractivity (Wildman–Crippen MR) is 52.2 cm³/mol. The third-order valence-electron chi connectivity index (χ3n) is 1.39. The van der Waals surface area contributed by atoms with Crippen LogP contribution in [0.5, 0.6) is 0 Å². The van der Waals surface area contributed by atoms with Gasteiger partial charge in [-0.2, -0.15) is 13.2 Å². The van der Waals surface area contributed by atoms with Crippen molar-refractivity contribution < 1.29 is 18.0 Å². The smallest absolute Gasteiger partial charge is 0.350 e. The molecule has 0 spiro atoms. The quantitative estimate of drug-likeness (QED) is 0.802. The number of nitrogens with zero attached hydrogens (tertiary/aromatic N) is 1. The van der Waals surface area contributed by atoms with Gasteiger partial charge in [-0.05, 0) is 12.1 Å². The fourth-order valence-electron chi connectivity index (χ4n) is 0.892.